The third-order valence-corrected chi connectivity index (χ3v) is 2.98. The molecule has 0 aliphatic rings. The summed E-state index contributed by atoms with van der Waals surface area (Å²) in [7, 11) is 0. The first kappa shape index (κ1) is 12.6. The van der Waals surface area contributed by atoms with E-state index in [-0.39, 0.29) is 0 Å². The van der Waals surface area contributed by atoms with Crippen LogP contribution in [0.4, 0.5) is 0 Å². The number of nitrogens with one attached hydrogen (secondary N) is 1. The SMILES string of the molecule is CCNCc1c(Oc2cccnc2)nc2ccccn12. The van der Waals surface area contributed by atoms with E-state index in [9.17, 15) is 0 Å². The summed E-state index contributed by atoms with van der Waals surface area (Å²) < 4.78 is 7.89. The first-order valence-corrected chi connectivity index (χ1v) is 6.63. The van der Waals surface area contributed by atoms with Crippen molar-refractivity contribution in [2.24, 2.45) is 0 Å². The number of hydrogen-bond donors (Lipinski definition) is 1. The van der Waals surface area contributed by atoms with Crippen LogP contribution in [0.5, 0.6) is 11.6 Å². The maximum Gasteiger partial charge on any atom is 0.242 e. The van der Waals surface area contributed by atoms with Crippen LogP contribution in [-0.4, -0.2) is 20.9 Å². The van der Waals surface area contributed by atoms with Gasteiger partial charge in [0.15, 0.2) is 0 Å². The van der Waals surface area contributed by atoms with Gasteiger partial charge in [-0.3, -0.25) is 9.38 Å². The molecule has 0 saturated carbocycles. The summed E-state index contributed by atoms with van der Waals surface area (Å²) >= 11 is 0. The van der Waals surface area contributed by atoms with Gasteiger partial charge in [0.1, 0.15) is 17.1 Å². The Morgan fingerprint density at radius 3 is 3.00 bits per heavy atom. The molecule has 0 fully saturated rings. The van der Waals surface area contributed by atoms with E-state index in [1.165, 1.54) is 0 Å². The van der Waals surface area contributed by atoms with Crippen LogP contribution in [0.3, 0.4) is 0 Å². The molecule has 0 amide bonds. The predicted molar refractivity (Wildman–Crippen MR) is 76.9 cm³/mol. The molecule has 0 aliphatic heterocycles. The molecule has 0 aromatic carbocycles. The van der Waals surface area contributed by atoms with Gasteiger partial charge in [-0.2, -0.15) is 4.98 Å². The fraction of sp³-hybridized carbons (Fsp3) is 0.200. The van der Waals surface area contributed by atoms with Crippen LogP contribution >= 0.6 is 0 Å². The van der Waals surface area contributed by atoms with Crippen molar-refractivity contribution in [3.05, 3.63) is 54.6 Å². The highest BCUT2D eigenvalue weighted by molar-refractivity contribution is 5.46. The van der Waals surface area contributed by atoms with Crippen molar-refractivity contribution in [2.45, 2.75) is 13.5 Å². The van der Waals surface area contributed by atoms with Gasteiger partial charge in [-0.05, 0) is 30.8 Å². The zero-order valence-corrected chi connectivity index (χ0v) is 11.3. The number of nitrogens with zero attached hydrogens (tertiary/aromatic N) is 3. The minimum atomic E-state index is 0.616. The van der Waals surface area contributed by atoms with Crippen molar-refractivity contribution in [3.63, 3.8) is 0 Å². The lowest BCUT2D eigenvalue weighted by Gasteiger charge is -2.06. The lowest BCUT2D eigenvalue weighted by Crippen LogP contribution is -2.14. The zero-order chi connectivity index (χ0) is 13.8. The molecule has 0 saturated heterocycles. The molecule has 0 aliphatic carbocycles. The molecule has 0 unspecified atom stereocenters. The molecule has 0 atom stereocenters. The van der Waals surface area contributed by atoms with E-state index < -0.39 is 0 Å². The van der Waals surface area contributed by atoms with Crippen molar-refractivity contribution in [3.8, 4) is 11.6 Å². The molecular formula is C15H16N4O. The van der Waals surface area contributed by atoms with Crippen LogP contribution in [0.2, 0.25) is 0 Å². The molecule has 1 N–H and O–H groups in total. The van der Waals surface area contributed by atoms with Crippen molar-refractivity contribution in [1.29, 1.82) is 0 Å². The number of ether oxygens (including phenoxy) is 1. The monoisotopic (exact) mass is 268 g/mol. The largest absolute Gasteiger partial charge is 0.436 e. The highest BCUT2D eigenvalue weighted by atomic mass is 16.5. The zero-order valence-electron chi connectivity index (χ0n) is 11.3. The summed E-state index contributed by atoms with van der Waals surface area (Å²) in [4.78, 5) is 8.59. The van der Waals surface area contributed by atoms with E-state index in [4.69, 9.17) is 4.74 Å². The topological polar surface area (TPSA) is 51.5 Å². The smallest absolute Gasteiger partial charge is 0.242 e. The number of pyridine rings is 2. The first-order valence-electron chi connectivity index (χ1n) is 6.63. The highest BCUT2D eigenvalue weighted by Gasteiger charge is 2.13. The lowest BCUT2D eigenvalue weighted by molar-refractivity contribution is 0.454. The Bertz CT molecular complexity index is 693. The fourth-order valence-electron chi connectivity index (χ4n) is 2.03. The molecule has 0 radical (unpaired) electrons. The summed E-state index contributed by atoms with van der Waals surface area (Å²) in [5.74, 6) is 1.30. The van der Waals surface area contributed by atoms with E-state index in [2.05, 4.69) is 22.2 Å². The van der Waals surface area contributed by atoms with E-state index in [0.717, 1.165) is 17.9 Å². The van der Waals surface area contributed by atoms with Gasteiger partial charge in [0.25, 0.3) is 0 Å². The van der Waals surface area contributed by atoms with Gasteiger partial charge in [0.2, 0.25) is 5.88 Å². The molecular weight excluding hydrogens is 252 g/mol. The van der Waals surface area contributed by atoms with Gasteiger partial charge in [0.05, 0.1) is 6.20 Å². The molecule has 5 heteroatoms. The molecule has 20 heavy (non-hydrogen) atoms. The Morgan fingerprint density at radius 1 is 1.25 bits per heavy atom. The Hall–Kier alpha value is -2.40. The second-order valence-electron chi connectivity index (χ2n) is 4.36. The minimum absolute atomic E-state index is 0.616. The second-order valence-corrected chi connectivity index (χ2v) is 4.36. The number of fused-ring (bicyclic) bond motifs is 1. The van der Waals surface area contributed by atoms with Crippen LogP contribution in [0.15, 0.2) is 48.9 Å². The molecule has 3 aromatic heterocycles. The highest BCUT2D eigenvalue weighted by Crippen LogP contribution is 2.25. The quantitative estimate of drug-likeness (QED) is 0.773. The number of rotatable bonds is 5. The minimum Gasteiger partial charge on any atom is -0.436 e. The Kier molecular flexibility index (Phi) is 3.60. The van der Waals surface area contributed by atoms with E-state index >= 15 is 0 Å². The second kappa shape index (κ2) is 5.71. The van der Waals surface area contributed by atoms with E-state index in [1.807, 2.05) is 40.9 Å². The number of aromatic nitrogens is 3. The van der Waals surface area contributed by atoms with E-state index in [0.29, 0.717) is 18.2 Å². The van der Waals surface area contributed by atoms with Crippen LogP contribution in [0.25, 0.3) is 5.65 Å². The van der Waals surface area contributed by atoms with Gasteiger partial charge in [-0.1, -0.05) is 13.0 Å². The average Bonchev–Trinajstić information content (AvgIpc) is 2.83. The third kappa shape index (κ3) is 2.48. The van der Waals surface area contributed by atoms with Crippen LogP contribution in [0, 0.1) is 0 Å². The Labute approximate surface area is 117 Å². The summed E-state index contributed by atoms with van der Waals surface area (Å²) in [6, 6.07) is 9.62. The van der Waals surface area contributed by atoms with Crippen molar-refractivity contribution in [2.75, 3.05) is 6.54 Å². The normalized spacial score (nSPS) is 10.8. The van der Waals surface area contributed by atoms with Gasteiger partial charge >= 0.3 is 0 Å². The van der Waals surface area contributed by atoms with Gasteiger partial charge in [0, 0.05) is 18.9 Å². The van der Waals surface area contributed by atoms with Crippen LogP contribution in [-0.2, 0) is 6.54 Å². The van der Waals surface area contributed by atoms with Gasteiger partial charge in [-0.15, -0.1) is 0 Å². The van der Waals surface area contributed by atoms with Crippen molar-refractivity contribution < 1.29 is 4.74 Å². The summed E-state index contributed by atoms with van der Waals surface area (Å²) in [5.41, 5.74) is 1.88. The number of imidazole rings is 1. The van der Waals surface area contributed by atoms with Gasteiger partial charge in [-0.25, -0.2) is 0 Å². The van der Waals surface area contributed by atoms with E-state index in [1.54, 1.807) is 12.4 Å². The van der Waals surface area contributed by atoms with Crippen LogP contribution in [0.1, 0.15) is 12.6 Å². The molecule has 3 rings (SSSR count). The standard InChI is InChI=1S/C15H16N4O/c1-2-16-11-13-15(20-12-6-5-8-17-10-12)18-14-7-3-4-9-19(13)14/h3-10,16H,2,11H2,1H3. The van der Waals surface area contributed by atoms with Gasteiger partial charge < -0.3 is 10.1 Å². The summed E-state index contributed by atoms with van der Waals surface area (Å²) in [6.07, 6.45) is 5.39. The average molecular weight is 268 g/mol. The van der Waals surface area contributed by atoms with Crippen molar-refractivity contribution in [1.82, 2.24) is 19.7 Å². The third-order valence-electron chi connectivity index (χ3n) is 2.98. The summed E-state index contributed by atoms with van der Waals surface area (Å²) in [6.45, 7) is 3.68. The lowest BCUT2D eigenvalue weighted by atomic mass is 10.4. The Morgan fingerprint density at radius 2 is 2.20 bits per heavy atom. The molecule has 5 nitrogen and oxygen atoms in total. The molecule has 0 spiro atoms. The maximum atomic E-state index is 5.86. The first-order chi connectivity index (χ1) is 9.88. The summed E-state index contributed by atoms with van der Waals surface area (Å²) in [5, 5.41) is 3.31. The fourth-order valence-corrected chi connectivity index (χ4v) is 2.03. The number of hydrogen-bond acceptors (Lipinski definition) is 4. The molecule has 0 bridgehead atoms. The van der Waals surface area contributed by atoms with Crippen molar-refractivity contribution >= 4 is 5.65 Å². The van der Waals surface area contributed by atoms with Crippen LogP contribution < -0.4 is 10.1 Å². The Balaban J connectivity index is 2.00. The molecule has 102 valence electrons. The molecule has 3 aromatic rings. The predicted octanol–water partition coefficient (Wildman–Crippen LogP) is 2.63. The molecule has 3 heterocycles. The maximum absolute atomic E-state index is 5.86.